The Labute approximate surface area is 477 Å². The number of nitrogens with two attached hydrogens (primary N) is 1. The van der Waals surface area contributed by atoms with Crippen LogP contribution < -0.4 is 5.73 Å². The first-order valence-corrected chi connectivity index (χ1v) is 32.3. The average molecular weight is 1100 g/mol. The van der Waals surface area contributed by atoms with Gasteiger partial charge in [-0.25, -0.2) is 4.57 Å². The fraction of sp³-hybridized carbons (Fsp3) is 0.618. The molecule has 0 bridgehead atoms. The van der Waals surface area contributed by atoms with E-state index in [2.05, 4.69) is 160 Å². The molecule has 78 heavy (non-hydrogen) atoms. The molecule has 0 aromatic heterocycles. The van der Waals surface area contributed by atoms with Crippen LogP contribution in [0.5, 0.6) is 0 Å². The number of phosphoric acid groups is 1. The molecule has 2 unspecified atom stereocenters. The molecule has 0 fully saturated rings. The van der Waals surface area contributed by atoms with E-state index in [0.717, 1.165) is 128 Å². The first-order chi connectivity index (χ1) is 38.3. The van der Waals surface area contributed by atoms with Gasteiger partial charge in [-0.05, 0) is 122 Å². The summed E-state index contributed by atoms with van der Waals surface area (Å²) in [5.41, 5.74) is 5.38. The van der Waals surface area contributed by atoms with Gasteiger partial charge in [0.1, 0.15) is 6.61 Å². The van der Waals surface area contributed by atoms with Gasteiger partial charge in [0.05, 0.1) is 13.2 Å². The first kappa shape index (κ1) is 73.9. The lowest BCUT2D eigenvalue weighted by Crippen LogP contribution is -2.29. The zero-order chi connectivity index (χ0) is 56.6. The van der Waals surface area contributed by atoms with Gasteiger partial charge < -0.3 is 20.1 Å². The fourth-order valence-corrected chi connectivity index (χ4v) is 8.69. The van der Waals surface area contributed by atoms with Crippen LogP contribution in [0.4, 0.5) is 0 Å². The Balaban J connectivity index is 4.01. The van der Waals surface area contributed by atoms with Crippen molar-refractivity contribution in [2.75, 3.05) is 26.4 Å². The van der Waals surface area contributed by atoms with E-state index in [9.17, 15) is 19.0 Å². The number of hydrogen-bond acceptors (Lipinski definition) is 8. The van der Waals surface area contributed by atoms with E-state index in [-0.39, 0.29) is 32.6 Å². The zero-order valence-corrected chi connectivity index (χ0v) is 50.2. The molecule has 0 amide bonds. The van der Waals surface area contributed by atoms with Crippen LogP contribution in [0.15, 0.2) is 146 Å². The van der Waals surface area contributed by atoms with Crippen LogP contribution in [0.25, 0.3) is 0 Å². The molecule has 0 aliphatic heterocycles. The Morgan fingerprint density at radius 1 is 0.397 bits per heavy atom. The second-order valence-electron chi connectivity index (χ2n) is 19.8. The van der Waals surface area contributed by atoms with Crippen LogP contribution in [-0.4, -0.2) is 49.3 Å². The van der Waals surface area contributed by atoms with E-state index < -0.39 is 32.5 Å². The molecule has 9 nitrogen and oxygen atoms in total. The fourth-order valence-electron chi connectivity index (χ4n) is 7.93. The Morgan fingerprint density at radius 3 is 1.05 bits per heavy atom. The van der Waals surface area contributed by atoms with Crippen molar-refractivity contribution in [2.24, 2.45) is 5.73 Å². The Kier molecular flexibility index (Phi) is 58.8. The number of ether oxygens (including phenoxy) is 2. The maximum atomic E-state index is 12.7. The molecule has 0 aliphatic rings. The second kappa shape index (κ2) is 62.1. The highest BCUT2D eigenvalue weighted by atomic mass is 31.2. The minimum absolute atomic E-state index is 0.0438. The molecule has 0 spiro atoms. The van der Waals surface area contributed by atoms with Crippen molar-refractivity contribution < 1.29 is 37.6 Å². The summed E-state index contributed by atoms with van der Waals surface area (Å²) in [6, 6.07) is 0. The second-order valence-corrected chi connectivity index (χ2v) is 21.3. The summed E-state index contributed by atoms with van der Waals surface area (Å²) < 4.78 is 33.0. The maximum Gasteiger partial charge on any atom is 0.472 e. The van der Waals surface area contributed by atoms with Crippen molar-refractivity contribution in [2.45, 2.75) is 245 Å². The number of phosphoric ester groups is 1. The predicted molar refractivity (Wildman–Crippen MR) is 334 cm³/mol. The third-order valence-electron chi connectivity index (χ3n) is 12.5. The van der Waals surface area contributed by atoms with Crippen LogP contribution in [0.3, 0.4) is 0 Å². The molecule has 0 aromatic rings. The highest BCUT2D eigenvalue weighted by Crippen LogP contribution is 2.43. The van der Waals surface area contributed by atoms with E-state index >= 15 is 0 Å². The molecule has 2 atom stereocenters. The monoisotopic (exact) mass is 1100 g/mol. The van der Waals surface area contributed by atoms with Crippen molar-refractivity contribution in [3.63, 3.8) is 0 Å². The SMILES string of the molecule is CC/C=C\C/C=C\C/C=C\C/C=C\C/C=C\C/C=C\C/C=C\C/C=C\C/C=C\C/C=C\CCCCCCCCCCC(=O)OC(COC(=O)CCCCCCCCC/C=C\C/C=C\CCCCCC)COP(=O)(O)OCCN. The van der Waals surface area contributed by atoms with Crippen LogP contribution in [-0.2, 0) is 32.7 Å². The molecule has 0 heterocycles. The average Bonchev–Trinajstić information content (AvgIpc) is 3.43. The number of unbranched alkanes of at least 4 members (excludes halogenated alkanes) is 19. The van der Waals surface area contributed by atoms with Gasteiger partial charge in [0.2, 0.25) is 0 Å². The van der Waals surface area contributed by atoms with Gasteiger partial charge >= 0.3 is 19.8 Å². The molecule has 0 aliphatic carbocycles. The third kappa shape index (κ3) is 61.1. The van der Waals surface area contributed by atoms with Crippen molar-refractivity contribution >= 4 is 19.8 Å². The maximum absolute atomic E-state index is 12.7. The van der Waals surface area contributed by atoms with Gasteiger partial charge in [-0.15, -0.1) is 0 Å². The van der Waals surface area contributed by atoms with Crippen molar-refractivity contribution in [1.29, 1.82) is 0 Å². The molecule has 3 N–H and O–H groups in total. The number of carbonyl (C=O) groups excluding carboxylic acids is 2. The minimum Gasteiger partial charge on any atom is -0.462 e. The van der Waals surface area contributed by atoms with Gasteiger partial charge in [0.25, 0.3) is 0 Å². The van der Waals surface area contributed by atoms with E-state index in [1.165, 1.54) is 77.0 Å². The molecule has 0 saturated carbocycles. The topological polar surface area (TPSA) is 134 Å². The summed E-state index contributed by atoms with van der Waals surface area (Å²) in [4.78, 5) is 35.2. The van der Waals surface area contributed by atoms with Gasteiger partial charge in [-0.2, -0.15) is 0 Å². The first-order valence-electron chi connectivity index (χ1n) is 30.8. The molecular formula is C68H112NO8P. The van der Waals surface area contributed by atoms with E-state index in [1.54, 1.807) is 0 Å². The molecule has 0 saturated heterocycles. The van der Waals surface area contributed by atoms with E-state index in [1.807, 2.05) is 0 Å². The quantitative estimate of drug-likeness (QED) is 0.0264. The van der Waals surface area contributed by atoms with Crippen molar-refractivity contribution in [1.82, 2.24) is 0 Å². The van der Waals surface area contributed by atoms with E-state index in [4.69, 9.17) is 24.3 Å². The number of allylic oxidation sites excluding steroid dienone is 24. The molecule has 0 rings (SSSR count). The summed E-state index contributed by atoms with van der Waals surface area (Å²) in [5, 5.41) is 0. The van der Waals surface area contributed by atoms with Gasteiger partial charge in [0.15, 0.2) is 6.10 Å². The summed E-state index contributed by atoms with van der Waals surface area (Å²) in [6.07, 6.45) is 89.0. The van der Waals surface area contributed by atoms with Crippen molar-refractivity contribution in [3.05, 3.63) is 146 Å². The lowest BCUT2D eigenvalue weighted by molar-refractivity contribution is -0.161. The standard InChI is InChI=1S/C68H112NO8P/c1-3-5-7-9-11-13-15-17-19-21-23-24-25-26-27-28-29-30-31-32-33-34-35-36-37-38-39-40-41-42-43-45-47-49-51-53-55-57-59-61-68(71)77-66(65-76-78(72,73)75-63-62-69)64-74-67(70)60-58-56-54-52-50-48-46-44-22-20-18-16-14-12-10-8-6-4-2/h5,7,11,13-14,16-17,19-20,22-24,26-27,29-30,32-33,35-36,38-39,41-42,66H,3-4,6,8-10,12,15,18,21,25,28,31,34,37,40,43-65,69H2,1-2H3,(H,72,73)/b7-5-,13-11-,16-14-,19-17-,22-20-,24-23-,27-26-,30-29-,33-32-,36-35-,39-38-,42-41-. The van der Waals surface area contributed by atoms with Gasteiger partial charge in [0, 0.05) is 19.4 Å². The van der Waals surface area contributed by atoms with Crippen LogP contribution in [0, 0.1) is 0 Å². The largest absolute Gasteiger partial charge is 0.472 e. The Bertz CT molecular complexity index is 1780. The Hall–Kier alpha value is -4.11. The third-order valence-corrected chi connectivity index (χ3v) is 13.4. The summed E-state index contributed by atoms with van der Waals surface area (Å²) in [7, 11) is -4.40. The number of rotatable bonds is 56. The molecule has 0 aromatic carbocycles. The highest BCUT2D eigenvalue weighted by molar-refractivity contribution is 7.47. The van der Waals surface area contributed by atoms with Crippen LogP contribution >= 0.6 is 7.82 Å². The summed E-state index contributed by atoms with van der Waals surface area (Å²) >= 11 is 0. The van der Waals surface area contributed by atoms with E-state index in [0.29, 0.717) is 6.42 Å². The molecule has 0 radical (unpaired) electrons. The summed E-state index contributed by atoms with van der Waals surface area (Å²) in [5.74, 6) is -0.854. The predicted octanol–water partition coefficient (Wildman–Crippen LogP) is 19.9. The highest BCUT2D eigenvalue weighted by Gasteiger charge is 2.26. The van der Waals surface area contributed by atoms with Crippen LogP contribution in [0.2, 0.25) is 0 Å². The number of esters is 2. The molecular weight excluding hydrogens is 990 g/mol. The lowest BCUT2D eigenvalue weighted by atomic mass is 10.1. The Morgan fingerprint density at radius 2 is 0.705 bits per heavy atom. The van der Waals surface area contributed by atoms with Crippen LogP contribution in [0.1, 0.15) is 239 Å². The normalized spacial score (nSPS) is 14.1. The number of carbonyl (C=O) groups is 2. The van der Waals surface area contributed by atoms with Crippen molar-refractivity contribution in [3.8, 4) is 0 Å². The van der Waals surface area contributed by atoms with Gasteiger partial charge in [-0.1, -0.05) is 250 Å². The van der Waals surface area contributed by atoms with Gasteiger partial charge in [-0.3, -0.25) is 18.6 Å². The minimum atomic E-state index is -4.40. The molecule has 442 valence electrons. The summed E-state index contributed by atoms with van der Waals surface area (Å²) in [6.45, 7) is 3.58. The smallest absolute Gasteiger partial charge is 0.462 e. The lowest BCUT2D eigenvalue weighted by Gasteiger charge is -2.19. The molecule has 10 heteroatoms. The number of hydrogen-bond donors (Lipinski definition) is 2. The zero-order valence-electron chi connectivity index (χ0n) is 49.3.